The number of aryl methyl sites for hydroxylation is 1. The highest BCUT2D eigenvalue weighted by Crippen LogP contribution is 2.26. The van der Waals surface area contributed by atoms with E-state index in [-0.39, 0.29) is 11.8 Å². The molecular weight excluding hydrogens is 456 g/mol. The molecule has 4 aromatic rings. The maximum atomic E-state index is 13.2. The molecule has 2 amide bonds. The van der Waals surface area contributed by atoms with Crippen molar-refractivity contribution >= 4 is 17.5 Å². The third kappa shape index (κ3) is 4.84. The molecule has 3 aromatic carbocycles. The molecule has 0 spiro atoms. The summed E-state index contributed by atoms with van der Waals surface area (Å²) in [5, 5.41) is 11.2. The fraction of sp³-hybridized carbons (Fsp3) is 0.214. The van der Waals surface area contributed by atoms with Crippen LogP contribution in [0.2, 0.25) is 0 Å². The van der Waals surface area contributed by atoms with E-state index in [1.807, 2.05) is 31.2 Å². The molecule has 1 aromatic heterocycles. The lowest BCUT2D eigenvalue weighted by molar-refractivity contribution is -0.119. The molecule has 0 radical (unpaired) electrons. The summed E-state index contributed by atoms with van der Waals surface area (Å²) in [5.74, 6) is 1.15. The van der Waals surface area contributed by atoms with Crippen LogP contribution in [0.5, 0.6) is 5.75 Å². The number of hydrogen-bond donors (Lipinski definition) is 1. The number of methoxy groups -OCH3 is 1. The van der Waals surface area contributed by atoms with Crippen LogP contribution in [-0.2, 0) is 4.79 Å². The molecule has 0 aliphatic carbocycles. The number of anilines is 1. The lowest BCUT2D eigenvalue weighted by Gasteiger charge is -2.24. The summed E-state index contributed by atoms with van der Waals surface area (Å²) in [7, 11) is 1.59. The molecule has 2 heterocycles. The van der Waals surface area contributed by atoms with Gasteiger partial charge >= 0.3 is 0 Å². The summed E-state index contributed by atoms with van der Waals surface area (Å²) in [4.78, 5) is 27.8. The molecule has 5 rings (SSSR count). The third-order valence-electron chi connectivity index (χ3n) is 6.24. The average molecular weight is 483 g/mol. The summed E-state index contributed by atoms with van der Waals surface area (Å²) in [6.07, 6.45) is 1.39. The Morgan fingerprint density at radius 3 is 2.39 bits per heavy atom. The van der Waals surface area contributed by atoms with Crippen LogP contribution in [0.1, 0.15) is 28.8 Å². The van der Waals surface area contributed by atoms with Gasteiger partial charge in [-0.3, -0.25) is 9.59 Å². The molecule has 8 heteroatoms. The zero-order chi connectivity index (χ0) is 25.1. The summed E-state index contributed by atoms with van der Waals surface area (Å²) in [6.45, 7) is 2.54. The first-order valence-corrected chi connectivity index (χ1v) is 11.8. The van der Waals surface area contributed by atoms with Crippen molar-refractivity contribution in [3.8, 4) is 28.7 Å². The van der Waals surface area contributed by atoms with Gasteiger partial charge in [0.1, 0.15) is 11.8 Å². The molecule has 0 bridgehead atoms. The molecule has 1 fully saturated rings. The minimum atomic E-state index is -0.521. The molecule has 1 aliphatic rings. The second kappa shape index (κ2) is 10.0. The fourth-order valence-electron chi connectivity index (χ4n) is 4.34. The van der Waals surface area contributed by atoms with Crippen molar-refractivity contribution in [1.29, 1.82) is 0 Å². The minimum absolute atomic E-state index is 0.181. The quantitative estimate of drug-likeness (QED) is 0.417. The lowest BCUT2D eigenvalue weighted by Crippen LogP contribution is -2.43. The maximum Gasteiger partial charge on any atom is 0.254 e. The SMILES string of the molecule is COc1ccc(NC(=O)C2CCCN2C(=O)c2ccc(-c3nnc(-c4cccc(C)c4)o3)cc2)cc1. The van der Waals surface area contributed by atoms with Gasteiger partial charge in [0, 0.05) is 28.9 Å². The first-order valence-electron chi connectivity index (χ1n) is 11.8. The number of carbonyl (C=O) groups is 2. The molecule has 182 valence electrons. The largest absolute Gasteiger partial charge is 0.497 e. The van der Waals surface area contributed by atoms with E-state index in [4.69, 9.17) is 9.15 Å². The van der Waals surface area contributed by atoms with E-state index in [0.29, 0.717) is 47.3 Å². The number of nitrogens with zero attached hydrogens (tertiary/aromatic N) is 3. The Kier molecular flexibility index (Phi) is 6.49. The van der Waals surface area contributed by atoms with Crippen LogP contribution in [0, 0.1) is 6.92 Å². The van der Waals surface area contributed by atoms with Crippen molar-refractivity contribution in [2.75, 3.05) is 19.0 Å². The summed E-state index contributed by atoms with van der Waals surface area (Å²) >= 11 is 0. The van der Waals surface area contributed by atoms with Crippen LogP contribution in [-0.4, -0.2) is 46.6 Å². The van der Waals surface area contributed by atoms with Crippen molar-refractivity contribution < 1.29 is 18.7 Å². The molecule has 1 N–H and O–H groups in total. The fourth-order valence-corrected chi connectivity index (χ4v) is 4.34. The van der Waals surface area contributed by atoms with E-state index in [0.717, 1.165) is 17.5 Å². The van der Waals surface area contributed by atoms with Gasteiger partial charge in [-0.25, -0.2) is 0 Å². The van der Waals surface area contributed by atoms with Gasteiger partial charge in [-0.1, -0.05) is 17.7 Å². The highest BCUT2D eigenvalue weighted by atomic mass is 16.5. The molecule has 1 atom stereocenters. The van der Waals surface area contributed by atoms with Gasteiger partial charge in [0.2, 0.25) is 17.7 Å². The first-order chi connectivity index (χ1) is 17.5. The van der Waals surface area contributed by atoms with Gasteiger partial charge in [0.15, 0.2) is 0 Å². The van der Waals surface area contributed by atoms with E-state index in [2.05, 4.69) is 15.5 Å². The third-order valence-corrected chi connectivity index (χ3v) is 6.24. The van der Waals surface area contributed by atoms with Crippen LogP contribution in [0.4, 0.5) is 5.69 Å². The molecule has 36 heavy (non-hydrogen) atoms. The van der Waals surface area contributed by atoms with Crippen LogP contribution >= 0.6 is 0 Å². The van der Waals surface area contributed by atoms with E-state index < -0.39 is 6.04 Å². The van der Waals surface area contributed by atoms with Crippen molar-refractivity contribution in [2.45, 2.75) is 25.8 Å². The number of amides is 2. The van der Waals surface area contributed by atoms with Gasteiger partial charge in [0.05, 0.1) is 7.11 Å². The number of likely N-dealkylation sites (tertiary alicyclic amines) is 1. The number of carbonyl (C=O) groups excluding carboxylic acids is 2. The van der Waals surface area contributed by atoms with Crippen molar-refractivity contribution in [1.82, 2.24) is 15.1 Å². The Balaban J connectivity index is 1.27. The standard InChI is InChI=1S/C28H26N4O4/c1-18-5-3-6-21(17-18)27-31-30-26(36-27)19-8-10-20(11-9-19)28(34)32-16-4-7-24(32)25(33)29-22-12-14-23(35-2)15-13-22/h3,5-6,8-15,17,24H,4,7,16H2,1-2H3,(H,29,33). The molecule has 1 unspecified atom stereocenters. The Morgan fingerprint density at radius 2 is 1.69 bits per heavy atom. The number of ether oxygens (including phenoxy) is 1. The smallest absolute Gasteiger partial charge is 0.254 e. The van der Waals surface area contributed by atoms with Crippen molar-refractivity contribution in [2.24, 2.45) is 0 Å². The zero-order valence-corrected chi connectivity index (χ0v) is 20.1. The maximum absolute atomic E-state index is 13.2. The predicted octanol–water partition coefficient (Wildman–Crippen LogP) is 4.96. The molecule has 1 aliphatic heterocycles. The number of aromatic nitrogens is 2. The summed E-state index contributed by atoms with van der Waals surface area (Å²) < 4.78 is 11.0. The highest BCUT2D eigenvalue weighted by molar-refractivity contribution is 6.01. The topological polar surface area (TPSA) is 97.6 Å². The van der Waals surface area contributed by atoms with Crippen molar-refractivity contribution in [3.05, 3.63) is 83.9 Å². The normalized spacial score (nSPS) is 15.1. The lowest BCUT2D eigenvalue weighted by atomic mass is 10.1. The number of nitrogens with one attached hydrogen (secondary N) is 1. The number of hydrogen-bond acceptors (Lipinski definition) is 6. The molecule has 1 saturated heterocycles. The van der Waals surface area contributed by atoms with Gasteiger partial charge in [-0.15, -0.1) is 10.2 Å². The van der Waals surface area contributed by atoms with Gasteiger partial charge in [-0.05, 0) is 80.4 Å². The summed E-state index contributed by atoms with van der Waals surface area (Å²) in [6, 6.07) is 21.5. The van der Waals surface area contributed by atoms with Crippen LogP contribution in [0.15, 0.2) is 77.2 Å². The van der Waals surface area contributed by atoms with Gasteiger partial charge in [0.25, 0.3) is 5.91 Å². The Morgan fingerprint density at radius 1 is 0.972 bits per heavy atom. The van der Waals surface area contributed by atoms with E-state index in [9.17, 15) is 9.59 Å². The molecular formula is C28H26N4O4. The molecule has 8 nitrogen and oxygen atoms in total. The van der Waals surface area contributed by atoms with Crippen LogP contribution < -0.4 is 10.1 Å². The van der Waals surface area contributed by atoms with E-state index in [1.54, 1.807) is 60.5 Å². The molecule has 0 saturated carbocycles. The first kappa shape index (κ1) is 23.3. The Hall–Kier alpha value is -4.46. The number of rotatable bonds is 6. The van der Waals surface area contributed by atoms with E-state index >= 15 is 0 Å². The minimum Gasteiger partial charge on any atom is -0.497 e. The zero-order valence-electron chi connectivity index (χ0n) is 20.1. The van der Waals surface area contributed by atoms with Gasteiger partial charge in [-0.2, -0.15) is 0 Å². The van der Waals surface area contributed by atoms with Crippen molar-refractivity contribution in [3.63, 3.8) is 0 Å². The highest BCUT2D eigenvalue weighted by Gasteiger charge is 2.34. The van der Waals surface area contributed by atoms with Gasteiger partial charge < -0.3 is 19.4 Å². The Labute approximate surface area is 208 Å². The second-order valence-corrected chi connectivity index (χ2v) is 8.73. The van der Waals surface area contributed by atoms with Crippen LogP contribution in [0.3, 0.4) is 0 Å². The second-order valence-electron chi connectivity index (χ2n) is 8.73. The van der Waals surface area contributed by atoms with E-state index in [1.165, 1.54) is 0 Å². The number of benzene rings is 3. The average Bonchev–Trinajstić information content (AvgIpc) is 3.59. The monoisotopic (exact) mass is 482 g/mol. The summed E-state index contributed by atoms with van der Waals surface area (Å²) in [5.41, 5.74) is 3.84. The van der Waals surface area contributed by atoms with Crippen LogP contribution in [0.25, 0.3) is 22.9 Å². The predicted molar refractivity (Wildman–Crippen MR) is 136 cm³/mol. The Bertz CT molecular complexity index is 1380.